The molecule has 5 heteroatoms. The van der Waals surface area contributed by atoms with Crippen molar-refractivity contribution in [3.63, 3.8) is 0 Å². The fourth-order valence-electron chi connectivity index (χ4n) is 2.59. The molecule has 2 N–H and O–H groups in total. The molecule has 1 aliphatic rings. The molecule has 0 saturated carbocycles. The van der Waals surface area contributed by atoms with Crippen LogP contribution in [0.1, 0.15) is 38.3 Å². The third-order valence-electron chi connectivity index (χ3n) is 3.72. The quantitative estimate of drug-likeness (QED) is 0.860. The molecule has 1 saturated heterocycles. The zero-order valence-corrected chi connectivity index (χ0v) is 12.0. The van der Waals surface area contributed by atoms with E-state index in [-0.39, 0.29) is 17.7 Å². The first-order valence-electron chi connectivity index (χ1n) is 7.38. The van der Waals surface area contributed by atoms with Crippen molar-refractivity contribution < 1.29 is 9.59 Å². The third kappa shape index (κ3) is 3.85. The van der Waals surface area contributed by atoms with Crippen molar-refractivity contribution in [3.8, 4) is 0 Å². The van der Waals surface area contributed by atoms with E-state index in [1.807, 2.05) is 30.2 Å². The molecule has 1 aliphatic heterocycles. The number of piperidine rings is 1. The molecule has 1 aromatic rings. The second-order valence-corrected chi connectivity index (χ2v) is 5.34. The number of aromatic amines is 1. The fraction of sp³-hybridized carbons (Fsp3) is 0.600. The number of hydrogen-bond acceptors (Lipinski definition) is 2. The Balaban J connectivity index is 1.81. The highest BCUT2D eigenvalue weighted by atomic mass is 16.2. The number of rotatable bonds is 5. The van der Waals surface area contributed by atoms with Gasteiger partial charge in [-0.15, -0.1) is 0 Å². The van der Waals surface area contributed by atoms with Gasteiger partial charge in [0.05, 0.1) is 12.5 Å². The van der Waals surface area contributed by atoms with Gasteiger partial charge in [0, 0.05) is 31.4 Å². The summed E-state index contributed by atoms with van der Waals surface area (Å²) in [5, 5.41) is 2.94. The number of carbonyl (C=O) groups excluding carboxylic acids is 2. The van der Waals surface area contributed by atoms with Gasteiger partial charge < -0.3 is 15.2 Å². The Labute approximate surface area is 119 Å². The lowest BCUT2D eigenvalue weighted by molar-refractivity contribution is -0.135. The van der Waals surface area contributed by atoms with Crippen molar-refractivity contribution in [3.05, 3.63) is 24.0 Å². The number of likely N-dealkylation sites (tertiary alicyclic amines) is 1. The fourth-order valence-corrected chi connectivity index (χ4v) is 2.59. The SMILES string of the molecule is CCCC(=O)N1CCC[C@@H](C(=O)NCc2ccc[nH]2)C1. The number of nitrogens with one attached hydrogen (secondary N) is 2. The van der Waals surface area contributed by atoms with Crippen LogP contribution in [0, 0.1) is 5.92 Å². The minimum atomic E-state index is -0.0699. The molecule has 1 atom stereocenters. The predicted octanol–water partition coefficient (Wildman–Crippen LogP) is 1.67. The smallest absolute Gasteiger partial charge is 0.225 e. The summed E-state index contributed by atoms with van der Waals surface area (Å²) < 4.78 is 0. The Kier molecular flexibility index (Phi) is 5.21. The van der Waals surface area contributed by atoms with Crippen molar-refractivity contribution in [2.75, 3.05) is 13.1 Å². The monoisotopic (exact) mass is 277 g/mol. The van der Waals surface area contributed by atoms with Crippen molar-refractivity contribution in [2.24, 2.45) is 5.92 Å². The van der Waals surface area contributed by atoms with E-state index in [1.54, 1.807) is 0 Å². The summed E-state index contributed by atoms with van der Waals surface area (Å²) >= 11 is 0. The summed E-state index contributed by atoms with van der Waals surface area (Å²) in [5.74, 6) is 0.155. The number of nitrogens with zero attached hydrogens (tertiary/aromatic N) is 1. The van der Waals surface area contributed by atoms with Crippen LogP contribution in [0.5, 0.6) is 0 Å². The van der Waals surface area contributed by atoms with Crippen molar-refractivity contribution in [2.45, 2.75) is 39.2 Å². The summed E-state index contributed by atoms with van der Waals surface area (Å²) in [4.78, 5) is 29.0. The largest absolute Gasteiger partial charge is 0.364 e. The molecular weight excluding hydrogens is 254 g/mol. The molecule has 0 radical (unpaired) electrons. The maximum Gasteiger partial charge on any atom is 0.225 e. The first-order chi connectivity index (χ1) is 9.70. The van der Waals surface area contributed by atoms with Crippen molar-refractivity contribution in [1.82, 2.24) is 15.2 Å². The highest BCUT2D eigenvalue weighted by Crippen LogP contribution is 2.17. The van der Waals surface area contributed by atoms with Crippen LogP contribution in [0.4, 0.5) is 0 Å². The molecule has 0 spiro atoms. The number of hydrogen-bond donors (Lipinski definition) is 2. The van der Waals surface area contributed by atoms with E-state index in [1.165, 1.54) is 0 Å². The molecule has 0 bridgehead atoms. The maximum atomic E-state index is 12.2. The summed E-state index contributed by atoms with van der Waals surface area (Å²) in [6, 6.07) is 3.85. The molecule has 0 aromatic carbocycles. The second kappa shape index (κ2) is 7.12. The van der Waals surface area contributed by atoms with Gasteiger partial charge in [0.1, 0.15) is 0 Å². The van der Waals surface area contributed by atoms with E-state index in [4.69, 9.17) is 0 Å². The van der Waals surface area contributed by atoms with Crippen LogP contribution in [-0.2, 0) is 16.1 Å². The Morgan fingerprint density at radius 1 is 1.50 bits per heavy atom. The molecule has 1 fully saturated rings. The molecule has 0 unspecified atom stereocenters. The van der Waals surface area contributed by atoms with Gasteiger partial charge in [0.25, 0.3) is 0 Å². The average Bonchev–Trinajstić information content (AvgIpc) is 2.98. The van der Waals surface area contributed by atoms with Crippen LogP contribution in [0.25, 0.3) is 0 Å². The van der Waals surface area contributed by atoms with Gasteiger partial charge in [-0.05, 0) is 31.4 Å². The minimum Gasteiger partial charge on any atom is -0.364 e. The number of H-pyrrole nitrogens is 1. The topological polar surface area (TPSA) is 65.2 Å². The second-order valence-electron chi connectivity index (χ2n) is 5.34. The first-order valence-corrected chi connectivity index (χ1v) is 7.38. The lowest BCUT2D eigenvalue weighted by Crippen LogP contribution is -2.45. The van der Waals surface area contributed by atoms with Gasteiger partial charge in [-0.1, -0.05) is 6.92 Å². The molecule has 1 aromatic heterocycles. The zero-order valence-electron chi connectivity index (χ0n) is 12.0. The summed E-state index contributed by atoms with van der Waals surface area (Å²) in [6.45, 7) is 3.88. The standard InChI is InChI=1S/C15H23N3O2/c1-2-5-14(19)18-9-4-6-12(11-18)15(20)17-10-13-7-3-8-16-13/h3,7-8,12,16H,2,4-6,9-11H2,1H3,(H,17,20)/t12-/m1/s1. The number of carbonyl (C=O) groups is 2. The van der Waals surface area contributed by atoms with E-state index >= 15 is 0 Å². The van der Waals surface area contributed by atoms with E-state index < -0.39 is 0 Å². The van der Waals surface area contributed by atoms with Gasteiger partial charge in [-0.2, -0.15) is 0 Å². The predicted molar refractivity (Wildman–Crippen MR) is 76.9 cm³/mol. The van der Waals surface area contributed by atoms with Crippen LogP contribution in [0.3, 0.4) is 0 Å². The number of aromatic nitrogens is 1. The Hall–Kier alpha value is -1.78. The molecule has 110 valence electrons. The molecule has 2 heterocycles. The van der Waals surface area contributed by atoms with E-state index in [9.17, 15) is 9.59 Å². The van der Waals surface area contributed by atoms with Crippen LogP contribution in [0.2, 0.25) is 0 Å². The zero-order chi connectivity index (χ0) is 14.4. The molecule has 2 amide bonds. The highest BCUT2D eigenvalue weighted by molar-refractivity contribution is 5.81. The van der Waals surface area contributed by atoms with Crippen molar-refractivity contribution >= 4 is 11.8 Å². The minimum absolute atomic E-state index is 0.0496. The van der Waals surface area contributed by atoms with Crippen LogP contribution >= 0.6 is 0 Å². The average molecular weight is 277 g/mol. The summed E-state index contributed by atoms with van der Waals surface area (Å²) in [6.07, 6.45) is 5.06. The molecule has 5 nitrogen and oxygen atoms in total. The van der Waals surface area contributed by atoms with Crippen LogP contribution in [-0.4, -0.2) is 34.8 Å². The molecule has 0 aliphatic carbocycles. The Morgan fingerprint density at radius 3 is 3.05 bits per heavy atom. The normalized spacial score (nSPS) is 18.9. The van der Waals surface area contributed by atoms with Crippen LogP contribution < -0.4 is 5.32 Å². The summed E-state index contributed by atoms with van der Waals surface area (Å²) in [5.41, 5.74) is 0.994. The number of amides is 2. The van der Waals surface area contributed by atoms with Gasteiger partial charge in [0.2, 0.25) is 11.8 Å². The molecular formula is C15H23N3O2. The van der Waals surface area contributed by atoms with Gasteiger partial charge >= 0.3 is 0 Å². The van der Waals surface area contributed by atoms with Crippen LogP contribution in [0.15, 0.2) is 18.3 Å². The van der Waals surface area contributed by atoms with Gasteiger partial charge in [0.15, 0.2) is 0 Å². The third-order valence-corrected chi connectivity index (χ3v) is 3.72. The molecule has 2 rings (SSSR count). The lowest BCUT2D eigenvalue weighted by Gasteiger charge is -2.32. The summed E-state index contributed by atoms with van der Waals surface area (Å²) in [7, 11) is 0. The van der Waals surface area contributed by atoms with E-state index in [0.717, 1.165) is 31.5 Å². The first kappa shape index (κ1) is 14.6. The molecule has 20 heavy (non-hydrogen) atoms. The van der Waals surface area contributed by atoms with Gasteiger partial charge in [-0.25, -0.2) is 0 Å². The van der Waals surface area contributed by atoms with E-state index in [0.29, 0.717) is 19.5 Å². The van der Waals surface area contributed by atoms with E-state index in [2.05, 4.69) is 10.3 Å². The Bertz CT molecular complexity index is 442. The Morgan fingerprint density at radius 2 is 2.35 bits per heavy atom. The van der Waals surface area contributed by atoms with Gasteiger partial charge in [-0.3, -0.25) is 9.59 Å². The highest BCUT2D eigenvalue weighted by Gasteiger charge is 2.27. The maximum absolute atomic E-state index is 12.2. The lowest BCUT2D eigenvalue weighted by atomic mass is 9.96. The van der Waals surface area contributed by atoms with Crippen molar-refractivity contribution in [1.29, 1.82) is 0 Å².